The molecule has 0 amide bonds. The van der Waals surface area contributed by atoms with Crippen molar-refractivity contribution in [3.63, 3.8) is 0 Å². The maximum absolute atomic E-state index is 4.43. The fourth-order valence-corrected chi connectivity index (χ4v) is 1.92. The number of para-hydroxylation sites is 1. The molecule has 2 rings (SSSR count). The minimum absolute atomic E-state index is 0.977. The third-order valence-electron chi connectivity index (χ3n) is 2.34. The highest BCUT2D eigenvalue weighted by atomic mass is 79.9. The Morgan fingerprint density at radius 1 is 1.06 bits per heavy atom. The molecule has 0 heterocycles. The lowest BCUT2D eigenvalue weighted by atomic mass is 10.1. The molecular weight excluding hydrogens is 262 g/mol. The average Bonchev–Trinajstić information content (AvgIpc) is 2.29. The van der Waals surface area contributed by atoms with E-state index in [4.69, 9.17) is 0 Å². The summed E-state index contributed by atoms with van der Waals surface area (Å²) in [5, 5.41) is 0. The Morgan fingerprint density at radius 3 is 2.50 bits per heavy atom. The van der Waals surface area contributed by atoms with Gasteiger partial charge in [0.1, 0.15) is 0 Å². The molecule has 0 atom stereocenters. The van der Waals surface area contributed by atoms with Crippen LogP contribution < -0.4 is 0 Å². The van der Waals surface area contributed by atoms with Gasteiger partial charge in [-0.2, -0.15) is 0 Å². The van der Waals surface area contributed by atoms with Crippen molar-refractivity contribution in [1.29, 1.82) is 0 Å². The minimum Gasteiger partial charge on any atom is -0.256 e. The van der Waals surface area contributed by atoms with Gasteiger partial charge in [-0.3, -0.25) is 4.99 Å². The molecule has 1 nitrogen and oxygen atoms in total. The van der Waals surface area contributed by atoms with Crippen LogP contribution in [0.1, 0.15) is 11.1 Å². The Bertz CT molecular complexity index is 503. The number of hydrogen-bond acceptors (Lipinski definition) is 1. The number of aryl methyl sites for hydroxylation is 1. The summed E-state index contributed by atoms with van der Waals surface area (Å²) in [5.74, 6) is 0. The van der Waals surface area contributed by atoms with Crippen molar-refractivity contribution < 1.29 is 0 Å². The first-order chi connectivity index (χ1) is 7.75. The third kappa shape index (κ3) is 2.80. The summed E-state index contributed by atoms with van der Waals surface area (Å²) < 4.78 is 1.10. The van der Waals surface area contributed by atoms with Crippen LogP contribution in [0.15, 0.2) is 58.0 Å². The Balaban J connectivity index is 2.24. The van der Waals surface area contributed by atoms with Gasteiger partial charge in [0.15, 0.2) is 0 Å². The molecule has 0 spiro atoms. The number of rotatable bonds is 2. The Hall–Kier alpha value is -1.41. The van der Waals surface area contributed by atoms with E-state index in [2.05, 4.69) is 40.0 Å². The van der Waals surface area contributed by atoms with Gasteiger partial charge in [0, 0.05) is 10.7 Å². The fourth-order valence-electron chi connectivity index (χ4n) is 1.44. The molecule has 16 heavy (non-hydrogen) atoms. The predicted octanol–water partition coefficient (Wildman–Crippen LogP) is 4.51. The van der Waals surface area contributed by atoms with Crippen LogP contribution in [0.25, 0.3) is 0 Å². The SMILES string of the molecule is Cc1cc(Br)ccc1C=Nc1ccccc1. The topological polar surface area (TPSA) is 12.4 Å². The van der Waals surface area contributed by atoms with Crippen LogP contribution >= 0.6 is 15.9 Å². The van der Waals surface area contributed by atoms with Crippen molar-refractivity contribution >= 4 is 27.8 Å². The van der Waals surface area contributed by atoms with Gasteiger partial charge in [0.2, 0.25) is 0 Å². The number of nitrogens with zero attached hydrogens (tertiary/aromatic N) is 1. The first-order valence-electron chi connectivity index (χ1n) is 5.11. The second-order valence-electron chi connectivity index (χ2n) is 3.59. The Morgan fingerprint density at radius 2 is 1.81 bits per heavy atom. The summed E-state index contributed by atoms with van der Waals surface area (Å²) in [6, 6.07) is 16.1. The molecule has 80 valence electrons. The maximum atomic E-state index is 4.43. The summed E-state index contributed by atoms with van der Waals surface area (Å²) in [6.07, 6.45) is 1.90. The molecule has 0 aliphatic carbocycles. The summed E-state index contributed by atoms with van der Waals surface area (Å²) in [7, 11) is 0. The first kappa shape index (κ1) is 11.1. The molecule has 2 heteroatoms. The van der Waals surface area contributed by atoms with E-state index in [1.54, 1.807) is 0 Å². The smallest absolute Gasteiger partial charge is 0.0629 e. The van der Waals surface area contributed by atoms with E-state index in [1.165, 1.54) is 5.56 Å². The van der Waals surface area contributed by atoms with Gasteiger partial charge in [0.05, 0.1) is 5.69 Å². The van der Waals surface area contributed by atoms with E-state index in [-0.39, 0.29) is 0 Å². The van der Waals surface area contributed by atoms with Crippen LogP contribution in [0, 0.1) is 6.92 Å². The van der Waals surface area contributed by atoms with Gasteiger partial charge in [-0.15, -0.1) is 0 Å². The van der Waals surface area contributed by atoms with Crippen LogP contribution in [0.5, 0.6) is 0 Å². The van der Waals surface area contributed by atoms with Crippen LogP contribution in [-0.4, -0.2) is 6.21 Å². The van der Waals surface area contributed by atoms with Crippen molar-refractivity contribution in [2.75, 3.05) is 0 Å². The van der Waals surface area contributed by atoms with E-state index >= 15 is 0 Å². The maximum Gasteiger partial charge on any atom is 0.0629 e. The molecule has 0 fully saturated rings. The van der Waals surface area contributed by atoms with E-state index in [0.717, 1.165) is 15.7 Å². The lowest BCUT2D eigenvalue weighted by molar-refractivity contribution is 1.42. The fraction of sp³-hybridized carbons (Fsp3) is 0.0714. The lowest BCUT2D eigenvalue weighted by Crippen LogP contribution is -1.85. The summed E-state index contributed by atoms with van der Waals surface area (Å²) in [6.45, 7) is 2.08. The molecule has 2 aromatic carbocycles. The van der Waals surface area contributed by atoms with Gasteiger partial charge in [0.25, 0.3) is 0 Å². The van der Waals surface area contributed by atoms with Gasteiger partial charge in [-0.25, -0.2) is 0 Å². The summed E-state index contributed by atoms with van der Waals surface area (Å²) in [4.78, 5) is 4.43. The quantitative estimate of drug-likeness (QED) is 0.714. The summed E-state index contributed by atoms with van der Waals surface area (Å²) >= 11 is 3.45. The molecule has 0 saturated heterocycles. The summed E-state index contributed by atoms with van der Waals surface area (Å²) in [5.41, 5.74) is 3.34. The van der Waals surface area contributed by atoms with E-state index < -0.39 is 0 Å². The third-order valence-corrected chi connectivity index (χ3v) is 2.83. The van der Waals surface area contributed by atoms with Crippen molar-refractivity contribution in [3.05, 3.63) is 64.1 Å². The molecule has 0 aliphatic rings. The van der Waals surface area contributed by atoms with Gasteiger partial charge < -0.3 is 0 Å². The second kappa shape index (κ2) is 5.08. The Labute approximate surface area is 104 Å². The highest BCUT2D eigenvalue weighted by molar-refractivity contribution is 9.10. The lowest BCUT2D eigenvalue weighted by Gasteiger charge is -2.00. The standard InChI is InChI=1S/C14H12BrN/c1-11-9-13(15)8-7-12(11)10-16-14-5-3-2-4-6-14/h2-10H,1H3. The molecule has 0 aliphatic heterocycles. The van der Waals surface area contributed by atoms with Gasteiger partial charge in [-0.1, -0.05) is 40.2 Å². The minimum atomic E-state index is 0.977. The number of halogens is 1. The molecule has 0 saturated carbocycles. The number of benzene rings is 2. The predicted molar refractivity (Wildman–Crippen MR) is 72.6 cm³/mol. The van der Waals surface area contributed by atoms with Crippen molar-refractivity contribution in [2.45, 2.75) is 6.92 Å². The molecule has 0 unspecified atom stereocenters. The van der Waals surface area contributed by atoms with Crippen molar-refractivity contribution in [1.82, 2.24) is 0 Å². The normalized spacial score (nSPS) is 10.9. The van der Waals surface area contributed by atoms with Crippen LogP contribution in [0.2, 0.25) is 0 Å². The van der Waals surface area contributed by atoms with E-state index in [0.29, 0.717) is 0 Å². The number of hydrogen-bond donors (Lipinski definition) is 0. The average molecular weight is 274 g/mol. The molecule has 2 aromatic rings. The van der Waals surface area contributed by atoms with Crippen LogP contribution in [0.3, 0.4) is 0 Å². The van der Waals surface area contributed by atoms with E-state index in [1.807, 2.05) is 42.6 Å². The molecule has 0 aromatic heterocycles. The second-order valence-corrected chi connectivity index (χ2v) is 4.51. The molecule has 0 radical (unpaired) electrons. The van der Waals surface area contributed by atoms with Crippen molar-refractivity contribution in [3.8, 4) is 0 Å². The largest absolute Gasteiger partial charge is 0.256 e. The monoisotopic (exact) mass is 273 g/mol. The Kier molecular flexibility index (Phi) is 3.52. The highest BCUT2D eigenvalue weighted by Gasteiger charge is 1.95. The zero-order chi connectivity index (χ0) is 11.4. The first-order valence-corrected chi connectivity index (χ1v) is 5.90. The molecule has 0 N–H and O–H groups in total. The molecule has 0 bridgehead atoms. The highest BCUT2D eigenvalue weighted by Crippen LogP contribution is 2.16. The number of aliphatic imine (C=N–C) groups is 1. The van der Waals surface area contributed by atoms with Gasteiger partial charge in [-0.05, 0) is 42.3 Å². The zero-order valence-corrected chi connectivity index (χ0v) is 10.6. The van der Waals surface area contributed by atoms with Gasteiger partial charge >= 0.3 is 0 Å². The molecular formula is C14H12BrN. The van der Waals surface area contributed by atoms with Crippen LogP contribution in [0.4, 0.5) is 5.69 Å². The van der Waals surface area contributed by atoms with E-state index in [9.17, 15) is 0 Å². The van der Waals surface area contributed by atoms with Crippen LogP contribution in [-0.2, 0) is 0 Å². The zero-order valence-electron chi connectivity index (χ0n) is 9.02. The van der Waals surface area contributed by atoms with Crippen molar-refractivity contribution in [2.24, 2.45) is 4.99 Å².